The quantitative estimate of drug-likeness (QED) is 0.813. The van der Waals surface area contributed by atoms with Crippen molar-refractivity contribution in [2.45, 2.75) is 33.1 Å². The molecular weight excluding hydrogens is 274 g/mol. The Kier molecular flexibility index (Phi) is 5.48. The Labute approximate surface area is 131 Å². The first-order valence-corrected chi connectivity index (χ1v) is 7.57. The van der Waals surface area contributed by atoms with E-state index in [1.807, 2.05) is 43.3 Å². The van der Waals surface area contributed by atoms with Crippen LogP contribution in [-0.2, 0) is 11.2 Å². The average molecular weight is 295 g/mol. The van der Waals surface area contributed by atoms with Crippen LogP contribution in [0.3, 0.4) is 0 Å². The van der Waals surface area contributed by atoms with E-state index in [0.29, 0.717) is 5.56 Å². The van der Waals surface area contributed by atoms with Crippen LogP contribution in [0.5, 0.6) is 0 Å². The summed E-state index contributed by atoms with van der Waals surface area (Å²) in [7, 11) is 0. The minimum atomic E-state index is -0.131. The number of rotatable bonds is 6. The number of carbonyl (C=O) groups is 2. The fraction of sp³-hybridized carbons (Fsp3) is 0.263. The number of carbonyl (C=O) groups excluding carboxylic acids is 2. The third-order valence-corrected chi connectivity index (χ3v) is 3.57. The van der Waals surface area contributed by atoms with Gasteiger partial charge in [0.2, 0.25) is 5.91 Å². The highest BCUT2D eigenvalue weighted by Gasteiger charge is 2.09. The molecule has 22 heavy (non-hydrogen) atoms. The molecule has 114 valence electrons. The van der Waals surface area contributed by atoms with Crippen molar-refractivity contribution in [1.82, 2.24) is 0 Å². The van der Waals surface area contributed by atoms with Crippen LogP contribution in [0, 0.1) is 6.92 Å². The highest BCUT2D eigenvalue weighted by Crippen LogP contribution is 2.12. The molecule has 0 radical (unpaired) electrons. The zero-order valence-electron chi connectivity index (χ0n) is 13.1. The van der Waals surface area contributed by atoms with Crippen LogP contribution in [0.2, 0.25) is 0 Å². The first-order chi connectivity index (χ1) is 10.6. The minimum absolute atomic E-state index is 0.00235. The van der Waals surface area contributed by atoms with Gasteiger partial charge in [0, 0.05) is 24.1 Å². The van der Waals surface area contributed by atoms with E-state index in [1.54, 1.807) is 12.1 Å². The van der Waals surface area contributed by atoms with Gasteiger partial charge in [0.05, 0.1) is 0 Å². The van der Waals surface area contributed by atoms with E-state index < -0.39 is 0 Å². The molecule has 0 atom stereocenters. The summed E-state index contributed by atoms with van der Waals surface area (Å²) in [4.78, 5) is 24.0. The van der Waals surface area contributed by atoms with E-state index >= 15 is 0 Å². The van der Waals surface area contributed by atoms with Gasteiger partial charge in [-0.05, 0) is 31.0 Å². The van der Waals surface area contributed by atoms with Gasteiger partial charge in [-0.3, -0.25) is 9.59 Å². The Bertz CT molecular complexity index is 659. The molecule has 0 saturated heterocycles. The lowest BCUT2D eigenvalue weighted by Gasteiger charge is -2.06. The zero-order valence-corrected chi connectivity index (χ0v) is 13.1. The lowest BCUT2D eigenvalue weighted by atomic mass is 10.0. The van der Waals surface area contributed by atoms with Gasteiger partial charge in [0.15, 0.2) is 5.78 Å². The molecule has 0 spiro atoms. The molecule has 1 N–H and O–H groups in total. The van der Waals surface area contributed by atoms with Crippen LogP contribution < -0.4 is 5.32 Å². The van der Waals surface area contributed by atoms with E-state index in [-0.39, 0.29) is 24.5 Å². The van der Waals surface area contributed by atoms with Crippen LogP contribution in [0.25, 0.3) is 0 Å². The summed E-state index contributed by atoms with van der Waals surface area (Å²) in [6.45, 7) is 4.05. The zero-order chi connectivity index (χ0) is 15.9. The molecule has 0 fully saturated rings. The second-order valence-electron chi connectivity index (χ2n) is 5.39. The molecule has 1 amide bonds. The van der Waals surface area contributed by atoms with Crippen LogP contribution in [-0.4, -0.2) is 11.7 Å². The Morgan fingerprint density at radius 3 is 2.41 bits per heavy atom. The van der Waals surface area contributed by atoms with Gasteiger partial charge in [-0.25, -0.2) is 0 Å². The fourth-order valence-corrected chi connectivity index (χ4v) is 2.20. The predicted octanol–water partition coefficient (Wildman–Crippen LogP) is 4.16. The molecule has 0 aromatic heterocycles. The summed E-state index contributed by atoms with van der Waals surface area (Å²) in [6, 6.07) is 15.2. The largest absolute Gasteiger partial charge is 0.326 e. The van der Waals surface area contributed by atoms with E-state index in [0.717, 1.165) is 17.7 Å². The number of benzene rings is 2. The van der Waals surface area contributed by atoms with Gasteiger partial charge in [-0.1, -0.05) is 48.9 Å². The van der Waals surface area contributed by atoms with Crippen LogP contribution >= 0.6 is 0 Å². The number of aryl methyl sites for hydroxylation is 2. The highest BCUT2D eigenvalue weighted by atomic mass is 16.2. The minimum Gasteiger partial charge on any atom is -0.326 e. The number of nitrogens with one attached hydrogen (secondary N) is 1. The summed E-state index contributed by atoms with van der Waals surface area (Å²) in [5.74, 6) is -0.133. The van der Waals surface area contributed by atoms with Crippen LogP contribution in [0.1, 0.15) is 41.3 Å². The smallest absolute Gasteiger partial charge is 0.224 e. The summed E-state index contributed by atoms with van der Waals surface area (Å²) in [5.41, 5.74) is 3.73. The second-order valence-corrected chi connectivity index (χ2v) is 5.39. The van der Waals surface area contributed by atoms with Crippen LogP contribution in [0.4, 0.5) is 5.69 Å². The monoisotopic (exact) mass is 295 g/mol. The van der Waals surface area contributed by atoms with Gasteiger partial charge < -0.3 is 5.32 Å². The second kappa shape index (κ2) is 7.55. The molecule has 0 heterocycles. The first kappa shape index (κ1) is 16.0. The third-order valence-electron chi connectivity index (χ3n) is 3.57. The molecule has 3 heteroatoms. The van der Waals surface area contributed by atoms with Gasteiger partial charge in [-0.15, -0.1) is 0 Å². The Morgan fingerprint density at radius 2 is 1.73 bits per heavy atom. The number of hydrogen-bond acceptors (Lipinski definition) is 2. The van der Waals surface area contributed by atoms with Crippen molar-refractivity contribution in [3.05, 3.63) is 65.2 Å². The maximum Gasteiger partial charge on any atom is 0.224 e. The molecule has 0 bridgehead atoms. The summed E-state index contributed by atoms with van der Waals surface area (Å²) >= 11 is 0. The van der Waals surface area contributed by atoms with Gasteiger partial charge in [-0.2, -0.15) is 0 Å². The summed E-state index contributed by atoms with van der Waals surface area (Å²) in [5, 5.41) is 2.84. The Balaban J connectivity index is 1.87. The molecule has 3 nitrogen and oxygen atoms in total. The molecule has 2 aromatic rings. The van der Waals surface area contributed by atoms with E-state index in [1.165, 1.54) is 5.56 Å². The van der Waals surface area contributed by atoms with Crippen molar-refractivity contribution in [3.63, 3.8) is 0 Å². The lowest BCUT2D eigenvalue weighted by molar-refractivity contribution is -0.116. The maximum atomic E-state index is 12.0. The molecule has 0 saturated carbocycles. The third kappa shape index (κ3) is 4.55. The van der Waals surface area contributed by atoms with Crippen molar-refractivity contribution in [2.24, 2.45) is 0 Å². The van der Waals surface area contributed by atoms with Crippen molar-refractivity contribution >= 4 is 17.4 Å². The van der Waals surface area contributed by atoms with Gasteiger partial charge in [0.25, 0.3) is 0 Å². The molecule has 0 aliphatic rings. The van der Waals surface area contributed by atoms with Gasteiger partial charge in [0.1, 0.15) is 0 Å². The van der Waals surface area contributed by atoms with E-state index in [2.05, 4.69) is 12.2 Å². The molecule has 0 aliphatic heterocycles. The van der Waals surface area contributed by atoms with Crippen molar-refractivity contribution in [2.75, 3.05) is 5.32 Å². The topological polar surface area (TPSA) is 46.2 Å². The number of Topliss-reactive ketones (excluding diaryl/α,β-unsaturated/α-hetero) is 1. The van der Waals surface area contributed by atoms with Crippen molar-refractivity contribution in [3.8, 4) is 0 Å². The van der Waals surface area contributed by atoms with Crippen LogP contribution in [0.15, 0.2) is 48.5 Å². The number of amides is 1. The standard InChI is InChI=1S/C19H21NO2/c1-3-15-5-4-6-17(13-15)20-19(22)12-11-18(21)16-9-7-14(2)8-10-16/h4-10,13H,3,11-12H2,1-2H3,(H,20,22). The van der Waals surface area contributed by atoms with Gasteiger partial charge >= 0.3 is 0 Å². The molecule has 0 unspecified atom stereocenters. The average Bonchev–Trinajstić information content (AvgIpc) is 2.53. The number of anilines is 1. The summed E-state index contributed by atoms with van der Waals surface area (Å²) < 4.78 is 0. The van der Waals surface area contributed by atoms with E-state index in [9.17, 15) is 9.59 Å². The van der Waals surface area contributed by atoms with Crippen molar-refractivity contribution < 1.29 is 9.59 Å². The number of ketones is 1. The van der Waals surface area contributed by atoms with Crippen molar-refractivity contribution in [1.29, 1.82) is 0 Å². The summed E-state index contributed by atoms with van der Waals surface area (Å²) in [6.07, 6.45) is 1.35. The molecular formula is C19H21NO2. The van der Waals surface area contributed by atoms with E-state index in [4.69, 9.17) is 0 Å². The highest BCUT2D eigenvalue weighted by molar-refractivity contribution is 6.00. The first-order valence-electron chi connectivity index (χ1n) is 7.57. The predicted molar refractivity (Wildman–Crippen MR) is 89.2 cm³/mol. The Morgan fingerprint density at radius 1 is 1.00 bits per heavy atom. The normalized spacial score (nSPS) is 10.3. The maximum absolute atomic E-state index is 12.0. The molecule has 0 aliphatic carbocycles. The lowest BCUT2D eigenvalue weighted by Crippen LogP contribution is -2.13. The number of hydrogen-bond donors (Lipinski definition) is 1. The molecule has 2 rings (SSSR count). The fourth-order valence-electron chi connectivity index (χ4n) is 2.20. The molecule has 2 aromatic carbocycles. The Hall–Kier alpha value is -2.42. The SMILES string of the molecule is CCc1cccc(NC(=O)CCC(=O)c2ccc(C)cc2)c1.